The lowest BCUT2D eigenvalue weighted by molar-refractivity contribution is 0.173. The maximum Gasteiger partial charge on any atom is 0.286 e. The molecule has 2 heterocycles. The molecule has 2 aliphatic rings. The van der Waals surface area contributed by atoms with Crippen LogP contribution < -0.4 is 15.0 Å². The third kappa shape index (κ3) is 3.36. The molecule has 1 aromatic rings. The molecule has 0 amide bonds. The molecule has 0 bridgehead atoms. The fraction of sp³-hybridized carbons (Fsp3) is 0.250. The number of hydrazine groups is 1. The Bertz CT molecular complexity index is 695. The van der Waals surface area contributed by atoms with Gasteiger partial charge in [0.2, 0.25) is 10.6 Å². The van der Waals surface area contributed by atoms with Gasteiger partial charge < -0.3 is 9.47 Å². The number of fused-ring (bicyclic) bond motifs is 1. The topological polar surface area (TPSA) is 46.1 Å². The van der Waals surface area contributed by atoms with E-state index in [4.69, 9.17) is 79.1 Å². The minimum Gasteiger partial charge on any atom is -0.454 e. The van der Waals surface area contributed by atoms with Crippen LogP contribution in [0.1, 0.15) is 5.56 Å². The Balaban J connectivity index is 2.26. The van der Waals surface area contributed by atoms with Crippen molar-refractivity contribution in [3.05, 3.63) is 29.3 Å². The number of hydrazone groups is 1. The lowest BCUT2D eigenvalue weighted by atomic mass is 10.1. The summed E-state index contributed by atoms with van der Waals surface area (Å²) in [5.74, 6) is 0.982. The summed E-state index contributed by atoms with van der Waals surface area (Å²) in [4.78, 5) is 0. The molecular formula is C12H7Cl6N3O2. The van der Waals surface area contributed by atoms with Gasteiger partial charge in [-0.2, -0.15) is 5.10 Å². The number of ether oxygens (including phenoxy) is 2. The summed E-state index contributed by atoms with van der Waals surface area (Å²) in [6.07, 6.45) is 1.34. The number of halogens is 6. The Kier molecular flexibility index (Phi) is 4.64. The van der Waals surface area contributed by atoms with Gasteiger partial charge in [-0.15, -0.1) is 0 Å². The molecule has 124 valence electrons. The van der Waals surface area contributed by atoms with Crippen LogP contribution in [-0.4, -0.2) is 25.7 Å². The fourth-order valence-electron chi connectivity index (χ4n) is 2.16. The van der Waals surface area contributed by atoms with Crippen molar-refractivity contribution in [3.8, 4) is 11.5 Å². The van der Waals surface area contributed by atoms with Crippen LogP contribution in [0, 0.1) is 0 Å². The molecule has 0 saturated carbocycles. The molecule has 0 saturated heterocycles. The molecule has 11 heteroatoms. The number of alkyl halides is 6. The SMILES string of the molecule is ClC(Cl)(Cl)C1=C(c2cccc3c2OCO3)N(C(Cl)(Cl)Cl)NN=C1. The number of benzene rings is 1. The predicted molar refractivity (Wildman–Crippen MR) is 93.5 cm³/mol. The van der Waals surface area contributed by atoms with E-state index < -0.39 is 7.71 Å². The molecule has 23 heavy (non-hydrogen) atoms. The molecule has 3 rings (SSSR count). The molecule has 2 aliphatic heterocycles. The third-order valence-electron chi connectivity index (χ3n) is 3.04. The summed E-state index contributed by atoms with van der Waals surface area (Å²) in [5.41, 5.74) is 3.60. The molecule has 1 aromatic carbocycles. The van der Waals surface area contributed by atoms with E-state index in [1.54, 1.807) is 18.2 Å². The lowest BCUT2D eigenvalue weighted by Crippen LogP contribution is -2.45. The fourth-order valence-corrected chi connectivity index (χ4v) is 2.94. The van der Waals surface area contributed by atoms with Crippen molar-refractivity contribution in [1.82, 2.24) is 10.5 Å². The second-order valence-electron chi connectivity index (χ2n) is 4.46. The van der Waals surface area contributed by atoms with Crippen molar-refractivity contribution in [2.75, 3.05) is 6.79 Å². The Morgan fingerprint density at radius 3 is 2.48 bits per heavy atom. The zero-order chi connectivity index (χ0) is 16.8. The van der Waals surface area contributed by atoms with Crippen LogP contribution in [-0.2, 0) is 0 Å². The van der Waals surface area contributed by atoms with E-state index in [2.05, 4.69) is 10.6 Å². The van der Waals surface area contributed by atoms with Crippen molar-refractivity contribution >= 4 is 81.5 Å². The predicted octanol–water partition coefficient (Wildman–Crippen LogP) is 4.63. The average molecular weight is 438 g/mol. The molecule has 0 radical (unpaired) electrons. The van der Waals surface area contributed by atoms with Crippen molar-refractivity contribution in [2.45, 2.75) is 7.71 Å². The highest BCUT2D eigenvalue weighted by Gasteiger charge is 2.41. The maximum absolute atomic E-state index is 6.05. The zero-order valence-corrected chi connectivity index (χ0v) is 15.5. The minimum absolute atomic E-state index is 0.0675. The first-order valence-corrected chi connectivity index (χ1v) is 8.32. The van der Waals surface area contributed by atoms with E-state index in [9.17, 15) is 0 Å². The number of nitrogens with one attached hydrogen (secondary N) is 1. The lowest BCUT2D eigenvalue weighted by Gasteiger charge is -2.36. The van der Waals surface area contributed by atoms with Crippen LogP contribution in [0.3, 0.4) is 0 Å². The number of nitrogens with zero attached hydrogens (tertiary/aromatic N) is 2. The smallest absolute Gasteiger partial charge is 0.286 e. The van der Waals surface area contributed by atoms with E-state index in [0.717, 1.165) is 5.01 Å². The normalized spacial score (nSPS) is 17.6. The largest absolute Gasteiger partial charge is 0.454 e. The highest BCUT2D eigenvalue weighted by molar-refractivity contribution is 6.71. The molecule has 0 fully saturated rings. The van der Waals surface area contributed by atoms with E-state index in [-0.39, 0.29) is 12.4 Å². The summed E-state index contributed by atoms with van der Waals surface area (Å²) >= 11 is 36.2. The molecule has 0 aromatic heterocycles. The van der Waals surface area contributed by atoms with Gasteiger partial charge in [-0.1, -0.05) is 75.7 Å². The molecular weight excluding hydrogens is 431 g/mol. The maximum atomic E-state index is 6.05. The summed E-state index contributed by atoms with van der Waals surface area (Å²) in [7, 11) is 0. The number of hydrogen-bond acceptors (Lipinski definition) is 5. The van der Waals surface area contributed by atoms with E-state index in [1.165, 1.54) is 6.21 Å². The van der Waals surface area contributed by atoms with Crippen LogP contribution in [0.5, 0.6) is 11.5 Å². The number of rotatable bonds is 1. The molecule has 0 spiro atoms. The van der Waals surface area contributed by atoms with Crippen LogP contribution in [0.25, 0.3) is 5.70 Å². The summed E-state index contributed by atoms with van der Waals surface area (Å²) in [6.45, 7) is 0.0675. The van der Waals surface area contributed by atoms with Crippen molar-refractivity contribution < 1.29 is 9.47 Å². The van der Waals surface area contributed by atoms with Gasteiger partial charge in [-0.05, 0) is 12.1 Å². The molecule has 0 atom stereocenters. The van der Waals surface area contributed by atoms with Gasteiger partial charge in [0.05, 0.1) is 11.9 Å². The molecule has 0 unspecified atom stereocenters. The first kappa shape index (κ1) is 17.4. The number of para-hydroxylation sites is 1. The van der Waals surface area contributed by atoms with Gasteiger partial charge in [0.25, 0.3) is 3.92 Å². The average Bonchev–Trinajstić information content (AvgIpc) is 2.93. The van der Waals surface area contributed by atoms with Crippen LogP contribution in [0.2, 0.25) is 0 Å². The van der Waals surface area contributed by atoms with Crippen LogP contribution in [0.4, 0.5) is 0 Å². The van der Waals surface area contributed by atoms with E-state index in [1.807, 2.05) is 0 Å². The van der Waals surface area contributed by atoms with Crippen molar-refractivity contribution in [2.24, 2.45) is 5.10 Å². The Morgan fingerprint density at radius 1 is 1.09 bits per heavy atom. The Morgan fingerprint density at radius 2 is 1.83 bits per heavy atom. The zero-order valence-electron chi connectivity index (χ0n) is 11.0. The first-order chi connectivity index (χ1) is 10.7. The minimum atomic E-state index is -1.91. The van der Waals surface area contributed by atoms with Crippen LogP contribution in [0.15, 0.2) is 28.9 Å². The molecule has 1 N–H and O–H groups in total. The van der Waals surface area contributed by atoms with Crippen molar-refractivity contribution in [3.63, 3.8) is 0 Å². The summed E-state index contributed by atoms with van der Waals surface area (Å²) in [6, 6.07) is 5.21. The second-order valence-corrected chi connectivity index (χ2v) is 8.96. The number of hydrogen-bond donors (Lipinski definition) is 1. The quantitative estimate of drug-likeness (QED) is 0.514. The Labute approximate surface area is 161 Å². The van der Waals surface area contributed by atoms with Gasteiger partial charge in [-0.3, -0.25) is 0 Å². The van der Waals surface area contributed by atoms with Gasteiger partial charge >= 0.3 is 0 Å². The molecule has 0 aliphatic carbocycles. The monoisotopic (exact) mass is 435 g/mol. The standard InChI is InChI=1S/C12H7Cl6N3O2/c13-11(14,15)7-4-19-20-21(12(16,17)18)9(7)6-2-1-3-8-10(6)23-5-22-8/h1-4,20H,5H2. The van der Waals surface area contributed by atoms with Gasteiger partial charge in [0, 0.05) is 11.1 Å². The van der Waals surface area contributed by atoms with Gasteiger partial charge in [0.1, 0.15) is 0 Å². The highest BCUT2D eigenvalue weighted by Crippen LogP contribution is 2.48. The van der Waals surface area contributed by atoms with Crippen LogP contribution >= 0.6 is 69.6 Å². The van der Waals surface area contributed by atoms with Crippen molar-refractivity contribution in [1.29, 1.82) is 0 Å². The Hall–Kier alpha value is -0.430. The highest BCUT2D eigenvalue weighted by atomic mass is 35.6. The summed E-state index contributed by atoms with van der Waals surface area (Å²) in [5, 5.41) is 5.00. The van der Waals surface area contributed by atoms with Gasteiger partial charge in [-0.25, -0.2) is 10.5 Å². The second kappa shape index (κ2) is 6.14. The van der Waals surface area contributed by atoms with E-state index in [0.29, 0.717) is 22.8 Å². The molecule has 5 nitrogen and oxygen atoms in total. The third-order valence-corrected chi connectivity index (χ3v) is 4.16. The van der Waals surface area contributed by atoms with E-state index >= 15 is 0 Å². The first-order valence-electron chi connectivity index (χ1n) is 6.05. The van der Waals surface area contributed by atoms with Gasteiger partial charge in [0.15, 0.2) is 11.5 Å². The number of allylic oxidation sites excluding steroid dienone is 1. The summed E-state index contributed by atoms with van der Waals surface area (Å²) < 4.78 is 7.13.